The molecule has 0 atom stereocenters. The molecule has 2 aromatic heterocycles. The maximum Gasteiger partial charge on any atom is 0.426 e. The molecule has 90 valence electrons. The molecule has 6 heteroatoms. The summed E-state index contributed by atoms with van der Waals surface area (Å²) in [7, 11) is 0. The number of hydrogen-bond acceptors (Lipinski definition) is 4. The standard InChI is InChI=1S/C12H7ClN2O3/c1-6(16)15-9-5-8(13)7-3-2-4-14-10(7)11(9)18-12(15)17/h2-5H,1H3. The molecule has 0 aliphatic rings. The molecule has 0 aliphatic carbocycles. The van der Waals surface area contributed by atoms with Crippen molar-refractivity contribution in [3.8, 4) is 0 Å². The van der Waals surface area contributed by atoms with Crippen molar-refractivity contribution in [2.75, 3.05) is 0 Å². The summed E-state index contributed by atoms with van der Waals surface area (Å²) in [6.07, 6.45) is 1.57. The van der Waals surface area contributed by atoms with Crippen molar-refractivity contribution in [3.63, 3.8) is 0 Å². The molecule has 5 nitrogen and oxygen atoms in total. The molecule has 0 fully saturated rings. The van der Waals surface area contributed by atoms with E-state index in [1.807, 2.05) is 0 Å². The molecule has 3 aromatic rings. The summed E-state index contributed by atoms with van der Waals surface area (Å²) < 4.78 is 6.03. The molecule has 1 aromatic carbocycles. The van der Waals surface area contributed by atoms with Crippen molar-refractivity contribution >= 4 is 39.5 Å². The van der Waals surface area contributed by atoms with Crippen molar-refractivity contribution in [2.45, 2.75) is 6.92 Å². The Morgan fingerprint density at radius 2 is 2.28 bits per heavy atom. The lowest BCUT2D eigenvalue weighted by molar-refractivity contribution is 0.0933. The van der Waals surface area contributed by atoms with Crippen LogP contribution in [0.4, 0.5) is 0 Å². The molecular weight excluding hydrogens is 256 g/mol. The number of halogens is 1. The lowest BCUT2D eigenvalue weighted by Crippen LogP contribution is -2.19. The fraction of sp³-hybridized carbons (Fsp3) is 0.0833. The lowest BCUT2D eigenvalue weighted by Gasteiger charge is -2.00. The first kappa shape index (κ1) is 11.0. The van der Waals surface area contributed by atoms with Gasteiger partial charge in [0.05, 0.1) is 5.02 Å². The van der Waals surface area contributed by atoms with E-state index in [0.29, 0.717) is 21.4 Å². The predicted molar refractivity (Wildman–Crippen MR) is 67.1 cm³/mol. The average molecular weight is 263 g/mol. The van der Waals surface area contributed by atoms with E-state index in [-0.39, 0.29) is 5.58 Å². The van der Waals surface area contributed by atoms with Gasteiger partial charge in [0.1, 0.15) is 11.0 Å². The normalized spacial score (nSPS) is 11.2. The Bertz CT molecular complexity index is 848. The second-order valence-electron chi connectivity index (χ2n) is 3.83. The highest BCUT2D eigenvalue weighted by Crippen LogP contribution is 2.29. The number of fused-ring (bicyclic) bond motifs is 3. The van der Waals surface area contributed by atoms with Crippen molar-refractivity contribution in [1.82, 2.24) is 9.55 Å². The average Bonchev–Trinajstić information content (AvgIpc) is 2.66. The van der Waals surface area contributed by atoms with Crippen LogP contribution in [0.5, 0.6) is 0 Å². The summed E-state index contributed by atoms with van der Waals surface area (Å²) >= 11 is 6.11. The van der Waals surface area contributed by atoms with Gasteiger partial charge in [-0.15, -0.1) is 0 Å². The quantitative estimate of drug-likeness (QED) is 0.624. The first-order valence-electron chi connectivity index (χ1n) is 5.19. The molecule has 3 rings (SSSR count). The fourth-order valence-electron chi connectivity index (χ4n) is 1.96. The molecule has 2 heterocycles. The summed E-state index contributed by atoms with van der Waals surface area (Å²) in [5.74, 6) is -1.16. The summed E-state index contributed by atoms with van der Waals surface area (Å²) in [4.78, 5) is 27.2. The van der Waals surface area contributed by atoms with Gasteiger partial charge in [0.25, 0.3) is 0 Å². The maximum absolute atomic E-state index is 11.6. The molecule has 0 unspecified atom stereocenters. The van der Waals surface area contributed by atoms with Crippen LogP contribution in [0.1, 0.15) is 11.7 Å². The minimum absolute atomic E-state index is 0.273. The summed E-state index contributed by atoms with van der Waals surface area (Å²) in [6, 6.07) is 5.04. The Morgan fingerprint density at radius 1 is 1.50 bits per heavy atom. The van der Waals surface area contributed by atoms with Crippen LogP contribution in [0.15, 0.2) is 33.6 Å². The molecule has 18 heavy (non-hydrogen) atoms. The maximum atomic E-state index is 11.6. The fourth-order valence-corrected chi connectivity index (χ4v) is 2.22. The third-order valence-corrected chi connectivity index (χ3v) is 3.02. The van der Waals surface area contributed by atoms with E-state index in [4.69, 9.17) is 16.0 Å². The van der Waals surface area contributed by atoms with E-state index in [1.54, 1.807) is 18.3 Å². The highest BCUT2D eigenvalue weighted by molar-refractivity contribution is 6.37. The van der Waals surface area contributed by atoms with Crippen LogP contribution in [0.2, 0.25) is 5.02 Å². The van der Waals surface area contributed by atoms with Crippen LogP contribution in [0.3, 0.4) is 0 Å². The van der Waals surface area contributed by atoms with Crippen LogP contribution in [-0.4, -0.2) is 15.5 Å². The number of pyridine rings is 1. The molecule has 0 saturated carbocycles. The molecule has 0 N–H and O–H groups in total. The Hall–Kier alpha value is -2.14. The second-order valence-corrected chi connectivity index (χ2v) is 4.24. The van der Waals surface area contributed by atoms with Crippen LogP contribution in [-0.2, 0) is 0 Å². The zero-order chi connectivity index (χ0) is 12.9. The largest absolute Gasteiger partial charge is 0.426 e. The number of carbonyl (C=O) groups excluding carboxylic acids is 1. The van der Waals surface area contributed by atoms with E-state index >= 15 is 0 Å². The van der Waals surface area contributed by atoms with E-state index in [9.17, 15) is 9.59 Å². The molecule has 0 bridgehead atoms. The van der Waals surface area contributed by atoms with Crippen molar-refractivity contribution in [2.24, 2.45) is 0 Å². The number of oxazole rings is 1. The van der Waals surface area contributed by atoms with Gasteiger partial charge in [-0.25, -0.2) is 9.36 Å². The van der Waals surface area contributed by atoms with Crippen molar-refractivity contribution in [1.29, 1.82) is 0 Å². The summed E-state index contributed by atoms with van der Waals surface area (Å²) in [6.45, 7) is 1.28. The van der Waals surface area contributed by atoms with Gasteiger partial charge in [0, 0.05) is 18.5 Å². The van der Waals surface area contributed by atoms with Gasteiger partial charge in [-0.1, -0.05) is 11.6 Å². The monoisotopic (exact) mass is 262 g/mol. The first-order chi connectivity index (χ1) is 8.59. The highest BCUT2D eigenvalue weighted by atomic mass is 35.5. The topological polar surface area (TPSA) is 65.1 Å². The van der Waals surface area contributed by atoms with Gasteiger partial charge in [-0.05, 0) is 18.2 Å². The number of hydrogen-bond donors (Lipinski definition) is 0. The lowest BCUT2D eigenvalue weighted by atomic mass is 10.2. The van der Waals surface area contributed by atoms with Gasteiger partial charge in [-0.2, -0.15) is 0 Å². The zero-order valence-electron chi connectivity index (χ0n) is 9.31. The van der Waals surface area contributed by atoms with Crippen LogP contribution < -0.4 is 5.76 Å². The second kappa shape index (κ2) is 3.68. The molecule has 0 amide bonds. The molecule has 0 aliphatic heterocycles. The molecule has 0 spiro atoms. The van der Waals surface area contributed by atoms with Crippen LogP contribution >= 0.6 is 11.6 Å². The van der Waals surface area contributed by atoms with Crippen molar-refractivity contribution < 1.29 is 9.21 Å². The third kappa shape index (κ3) is 1.37. The van der Waals surface area contributed by atoms with Crippen molar-refractivity contribution in [3.05, 3.63) is 40.0 Å². The number of carbonyl (C=O) groups is 1. The van der Waals surface area contributed by atoms with Gasteiger partial charge in [0.15, 0.2) is 5.58 Å². The van der Waals surface area contributed by atoms with E-state index in [1.165, 1.54) is 13.0 Å². The predicted octanol–water partition coefficient (Wildman–Crippen LogP) is 2.46. The number of nitrogens with zero attached hydrogens (tertiary/aromatic N) is 2. The van der Waals surface area contributed by atoms with Crippen LogP contribution in [0, 0.1) is 0 Å². The van der Waals surface area contributed by atoms with E-state index < -0.39 is 11.7 Å². The van der Waals surface area contributed by atoms with Crippen LogP contribution in [0.25, 0.3) is 22.0 Å². The Balaban J connectivity index is 2.63. The molecule has 0 saturated heterocycles. The number of rotatable bonds is 0. The van der Waals surface area contributed by atoms with Gasteiger partial charge in [-0.3, -0.25) is 9.78 Å². The summed E-state index contributed by atoms with van der Waals surface area (Å²) in [5.41, 5.74) is 1.08. The number of benzene rings is 1. The minimum atomic E-state index is -0.730. The third-order valence-electron chi connectivity index (χ3n) is 2.70. The van der Waals surface area contributed by atoms with Gasteiger partial charge < -0.3 is 4.42 Å². The van der Waals surface area contributed by atoms with E-state index in [0.717, 1.165) is 4.57 Å². The Morgan fingerprint density at radius 3 is 3.00 bits per heavy atom. The molecule has 0 radical (unpaired) electrons. The first-order valence-corrected chi connectivity index (χ1v) is 5.57. The minimum Gasteiger partial charge on any atom is -0.405 e. The van der Waals surface area contributed by atoms with Gasteiger partial charge in [0.2, 0.25) is 5.91 Å². The molecular formula is C12H7ClN2O3. The highest BCUT2D eigenvalue weighted by Gasteiger charge is 2.17. The Labute approximate surface area is 106 Å². The SMILES string of the molecule is CC(=O)n1c(=O)oc2c3ncccc3c(Cl)cc21. The summed E-state index contributed by atoms with van der Waals surface area (Å²) in [5, 5.41) is 1.09. The van der Waals surface area contributed by atoms with Gasteiger partial charge >= 0.3 is 5.76 Å². The number of aromatic nitrogens is 2. The Kier molecular flexibility index (Phi) is 2.24. The smallest absolute Gasteiger partial charge is 0.405 e. The van der Waals surface area contributed by atoms with E-state index in [2.05, 4.69) is 4.98 Å². The zero-order valence-corrected chi connectivity index (χ0v) is 10.1.